The Kier molecular flexibility index (Phi) is 5.23. The number of nitrogens with zero attached hydrogens (tertiary/aromatic N) is 1. The van der Waals surface area contributed by atoms with E-state index in [4.69, 9.17) is 17.3 Å². The van der Waals surface area contributed by atoms with Gasteiger partial charge in [-0.3, -0.25) is 4.79 Å². The van der Waals surface area contributed by atoms with Crippen molar-refractivity contribution in [2.24, 2.45) is 5.73 Å². The maximum absolute atomic E-state index is 12.3. The highest BCUT2D eigenvalue weighted by Crippen LogP contribution is 2.36. The van der Waals surface area contributed by atoms with E-state index in [1.54, 1.807) is 0 Å². The van der Waals surface area contributed by atoms with E-state index in [9.17, 15) is 4.79 Å². The normalized spacial score (nSPS) is 18.8. The summed E-state index contributed by atoms with van der Waals surface area (Å²) in [7, 11) is 0. The Balaban J connectivity index is 2.05. The minimum absolute atomic E-state index is 0.152. The number of hydrogen-bond donors (Lipinski definition) is 1. The second kappa shape index (κ2) is 6.92. The molecule has 1 aliphatic rings. The van der Waals surface area contributed by atoms with Crippen molar-refractivity contribution in [2.45, 2.75) is 38.1 Å². The predicted molar refractivity (Wildman–Crippen MR) is 78.0 cm³/mol. The molecule has 1 aliphatic heterocycles. The molecule has 0 spiro atoms. The van der Waals surface area contributed by atoms with E-state index in [0.29, 0.717) is 13.0 Å². The fourth-order valence-corrected chi connectivity index (χ4v) is 2.96. The van der Waals surface area contributed by atoms with Crippen molar-refractivity contribution < 1.29 is 4.79 Å². The molecule has 1 saturated heterocycles. The van der Waals surface area contributed by atoms with Crippen molar-refractivity contribution in [1.29, 1.82) is 0 Å². The van der Waals surface area contributed by atoms with Crippen molar-refractivity contribution in [3.63, 3.8) is 0 Å². The summed E-state index contributed by atoms with van der Waals surface area (Å²) >= 11 is 6.25. The van der Waals surface area contributed by atoms with Gasteiger partial charge in [0, 0.05) is 18.0 Å². The van der Waals surface area contributed by atoms with Gasteiger partial charge in [-0.25, -0.2) is 0 Å². The lowest BCUT2D eigenvalue weighted by atomic mass is 10.0. The Morgan fingerprint density at radius 2 is 2.16 bits per heavy atom. The summed E-state index contributed by atoms with van der Waals surface area (Å²) in [6.07, 6.45) is 4.44. The summed E-state index contributed by atoms with van der Waals surface area (Å²) in [4.78, 5) is 14.2. The SMILES string of the molecule is NCCCCC(=O)N1CCCC1c1ccccc1Cl. The van der Waals surface area contributed by atoms with Gasteiger partial charge in [0.15, 0.2) is 0 Å². The van der Waals surface area contributed by atoms with Crippen LogP contribution >= 0.6 is 11.6 Å². The third kappa shape index (κ3) is 3.48. The first-order valence-electron chi connectivity index (χ1n) is 6.98. The van der Waals surface area contributed by atoms with Crippen LogP contribution in [-0.4, -0.2) is 23.9 Å². The quantitative estimate of drug-likeness (QED) is 0.842. The number of benzene rings is 1. The molecule has 1 atom stereocenters. The van der Waals surface area contributed by atoms with Crippen LogP contribution in [0.25, 0.3) is 0 Å². The molecule has 0 saturated carbocycles. The van der Waals surface area contributed by atoms with Crippen LogP contribution in [0.4, 0.5) is 0 Å². The molecule has 1 aromatic carbocycles. The van der Waals surface area contributed by atoms with Crippen molar-refractivity contribution in [1.82, 2.24) is 4.90 Å². The Morgan fingerprint density at radius 1 is 1.37 bits per heavy atom. The average Bonchev–Trinajstić information content (AvgIpc) is 2.88. The Labute approximate surface area is 119 Å². The monoisotopic (exact) mass is 280 g/mol. The minimum Gasteiger partial charge on any atom is -0.336 e. The molecule has 0 bridgehead atoms. The molecule has 1 fully saturated rings. The molecule has 3 nitrogen and oxygen atoms in total. The van der Waals surface area contributed by atoms with Gasteiger partial charge in [0.2, 0.25) is 5.91 Å². The maximum atomic E-state index is 12.3. The molecule has 1 heterocycles. The lowest BCUT2D eigenvalue weighted by Gasteiger charge is -2.26. The van der Waals surface area contributed by atoms with E-state index >= 15 is 0 Å². The van der Waals surface area contributed by atoms with Crippen LogP contribution in [0, 0.1) is 0 Å². The Morgan fingerprint density at radius 3 is 2.89 bits per heavy atom. The first kappa shape index (κ1) is 14.4. The lowest BCUT2D eigenvalue weighted by molar-refractivity contribution is -0.132. The summed E-state index contributed by atoms with van der Waals surface area (Å²) in [6.45, 7) is 1.50. The minimum atomic E-state index is 0.152. The smallest absolute Gasteiger partial charge is 0.223 e. The number of hydrogen-bond acceptors (Lipinski definition) is 2. The number of unbranched alkanes of at least 4 members (excludes halogenated alkanes) is 1. The molecule has 0 aliphatic carbocycles. The Hall–Kier alpha value is -1.06. The molecule has 19 heavy (non-hydrogen) atoms. The number of amides is 1. The zero-order valence-corrected chi connectivity index (χ0v) is 11.9. The molecule has 1 amide bonds. The molecule has 0 radical (unpaired) electrons. The largest absolute Gasteiger partial charge is 0.336 e. The van der Waals surface area contributed by atoms with E-state index in [1.165, 1.54) is 0 Å². The van der Waals surface area contributed by atoms with E-state index < -0.39 is 0 Å². The summed E-state index contributed by atoms with van der Waals surface area (Å²) in [5.41, 5.74) is 6.54. The number of likely N-dealkylation sites (tertiary alicyclic amines) is 1. The van der Waals surface area contributed by atoms with Crippen LogP contribution in [-0.2, 0) is 4.79 Å². The highest BCUT2D eigenvalue weighted by atomic mass is 35.5. The molecule has 2 rings (SSSR count). The summed E-state index contributed by atoms with van der Waals surface area (Å²) in [5.74, 6) is 0.232. The zero-order valence-electron chi connectivity index (χ0n) is 11.1. The molecular formula is C15H21ClN2O. The van der Waals surface area contributed by atoms with Crippen LogP contribution in [0.2, 0.25) is 5.02 Å². The van der Waals surface area contributed by atoms with Gasteiger partial charge in [-0.2, -0.15) is 0 Å². The zero-order chi connectivity index (χ0) is 13.7. The molecule has 1 unspecified atom stereocenters. The first-order valence-corrected chi connectivity index (χ1v) is 7.36. The van der Waals surface area contributed by atoms with Crippen LogP contribution in [0.1, 0.15) is 43.7 Å². The highest BCUT2D eigenvalue weighted by molar-refractivity contribution is 6.31. The van der Waals surface area contributed by atoms with E-state index in [1.807, 2.05) is 29.2 Å². The standard InChI is InChI=1S/C15H21ClN2O/c16-13-7-2-1-6-12(13)14-8-5-11-18(14)15(19)9-3-4-10-17/h1-2,6-7,14H,3-5,8-11,17H2. The second-order valence-corrected chi connectivity index (χ2v) is 5.42. The molecule has 104 valence electrons. The number of carbonyl (C=O) groups excluding carboxylic acids is 1. The van der Waals surface area contributed by atoms with Gasteiger partial charge in [-0.15, -0.1) is 0 Å². The topological polar surface area (TPSA) is 46.3 Å². The van der Waals surface area contributed by atoms with Crippen LogP contribution in [0.3, 0.4) is 0 Å². The highest BCUT2D eigenvalue weighted by Gasteiger charge is 2.30. The maximum Gasteiger partial charge on any atom is 0.223 e. The van der Waals surface area contributed by atoms with E-state index in [2.05, 4.69) is 0 Å². The molecular weight excluding hydrogens is 260 g/mol. The van der Waals surface area contributed by atoms with E-state index in [-0.39, 0.29) is 11.9 Å². The van der Waals surface area contributed by atoms with Crippen molar-refractivity contribution in [3.8, 4) is 0 Å². The number of halogens is 1. The molecule has 0 aromatic heterocycles. The first-order chi connectivity index (χ1) is 9.24. The van der Waals surface area contributed by atoms with Gasteiger partial charge in [0.25, 0.3) is 0 Å². The second-order valence-electron chi connectivity index (χ2n) is 5.01. The van der Waals surface area contributed by atoms with Crippen LogP contribution in [0.5, 0.6) is 0 Å². The van der Waals surface area contributed by atoms with E-state index in [0.717, 1.165) is 42.8 Å². The summed E-state index contributed by atoms with van der Waals surface area (Å²) < 4.78 is 0. The Bertz CT molecular complexity index is 436. The van der Waals surface area contributed by atoms with Crippen molar-refractivity contribution in [2.75, 3.05) is 13.1 Å². The predicted octanol–water partition coefficient (Wildman–Crippen LogP) is 3.13. The van der Waals surface area contributed by atoms with Gasteiger partial charge >= 0.3 is 0 Å². The van der Waals surface area contributed by atoms with Gasteiger partial charge in [0.05, 0.1) is 6.04 Å². The van der Waals surface area contributed by atoms with Gasteiger partial charge in [-0.1, -0.05) is 29.8 Å². The third-order valence-electron chi connectivity index (χ3n) is 3.68. The number of rotatable bonds is 5. The molecule has 1 aromatic rings. The molecule has 2 N–H and O–H groups in total. The third-order valence-corrected chi connectivity index (χ3v) is 4.03. The molecule has 4 heteroatoms. The number of nitrogens with two attached hydrogens (primary N) is 1. The summed E-state index contributed by atoms with van der Waals surface area (Å²) in [5, 5.41) is 0.758. The fourth-order valence-electron chi connectivity index (χ4n) is 2.70. The summed E-state index contributed by atoms with van der Waals surface area (Å²) in [6, 6.07) is 7.98. The fraction of sp³-hybridized carbons (Fsp3) is 0.533. The average molecular weight is 281 g/mol. The van der Waals surface area contributed by atoms with Gasteiger partial charge in [-0.05, 0) is 43.9 Å². The van der Waals surface area contributed by atoms with Crippen LogP contribution in [0.15, 0.2) is 24.3 Å². The van der Waals surface area contributed by atoms with Crippen LogP contribution < -0.4 is 5.73 Å². The van der Waals surface area contributed by atoms with Crippen molar-refractivity contribution in [3.05, 3.63) is 34.9 Å². The van der Waals surface area contributed by atoms with Gasteiger partial charge in [0.1, 0.15) is 0 Å². The number of carbonyl (C=O) groups is 1. The lowest BCUT2D eigenvalue weighted by Crippen LogP contribution is -2.30. The van der Waals surface area contributed by atoms with Crippen molar-refractivity contribution >= 4 is 17.5 Å². The van der Waals surface area contributed by atoms with Gasteiger partial charge < -0.3 is 10.6 Å².